The van der Waals surface area contributed by atoms with E-state index < -0.39 is 0 Å². The first-order valence-corrected chi connectivity index (χ1v) is 5.50. The highest BCUT2D eigenvalue weighted by Crippen LogP contribution is 2.17. The maximum atomic E-state index is 11.5. The van der Waals surface area contributed by atoms with E-state index in [-0.39, 0.29) is 36.1 Å². The second-order valence-corrected chi connectivity index (χ2v) is 4.88. The molecule has 0 aromatic carbocycles. The SMILES string of the molecule is CCC(C)OC(=O)CCC(=O)C(C)(C)C. The van der Waals surface area contributed by atoms with Gasteiger partial charge < -0.3 is 4.74 Å². The van der Waals surface area contributed by atoms with E-state index >= 15 is 0 Å². The third-order valence-electron chi connectivity index (χ3n) is 2.30. The predicted octanol–water partition coefficient (Wildman–Crippen LogP) is 2.72. The second-order valence-electron chi connectivity index (χ2n) is 4.88. The van der Waals surface area contributed by atoms with Crippen molar-refractivity contribution in [1.82, 2.24) is 0 Å². The molecule has 0 aromatic rings. The molecule has 0 N–H and O–H groups in total. The van der Waals surface area contributed by atoms with E-state index in [2.05, 4.69) is 0 Å². The molecule has 3 nitrogen and oxygen atoms in total. The van der Waals surface area contributed by atoms with Gasteiger partial charge in [-0.1, -0.05) is 27.7 Å². The van der Waals surface area contributed by atoms with E-state index in [1.54, 1.807) is 0 Å². The van der Waals surface area contributed by atoms with E-state index in [9.17, 15) is 9.59 Å². The maximum absolute atomic E-state index is 11.5. The van der Waals surface area contributed by atoms with Crippen LogP contribution in [0, 0.1) is 5.41 Å². The zero-order valence-electron chi connectivity index (χ0n) is 10.4. The van der Waals surface area contributed by atoms with Gasteiger partial charge in [0.05, 0.1) is 12.5 Å². The lowest BCUT2D eigenvalue weighted by molar-refractivity contribution is -0.149. The fourth-order valence-corrected chi connectivity index (χ4v) is 0.957. The summed E-state index contributed by atoms with van der Waals surface area (Å²) in [4.78, 5) is 22.8. The summed E-state index contributed by atoms with van der Waals surface area (Å²) in [7, 11) is 0. The number of Topliss-reactive ketones (excluding diaryl/α,β-unsaturated/α-hetero) is 1. The van der Waals surface area contributed by atoms with Gasteiger partial charge in [0.15, 0.2) is 0 Å². The van der Waals surface area contributed by atoms with Crippen molar-refractivity contribution in [2.75, 3.05) is 0 Å². The van der Waals surface area contributed by atoms with Crippen molar-refractivity contribution < 1.29 is 14.3 Å². The Morgan fingerprint density at radius 1 is 1.20 bits per heavy atom. The van der Waals surface area contributed by atoms with Crippen molar-refractivity contribution in [1.29, 1.82) is 0 Å². The van der Waals surface area contributed by atoms with E-state index in [1.807, 2.05) is 34.6 Å². The summed E-state index contributed by atoms with van der Waals surface area (Å²) in [5, 5.41) is 0. The Hall–Kier alpha value is -0.860. The van der Waals surface area contributed by atoms with Crippen molar-refractivity contribution in [2.24, 2.45) is 5.41 Å². The van der Waals surface area contributed by atoms with Gasteiger partial charge in [0.1, 0.15) is 5.78 Å². The molecule has 0 saturated carbocycles. The average molecular weight is 214 g/mol. The van der Waals surface area contributed by atoms with Crippen LogP contribution in [0.1, 0.15) is 53.9 Å². The van der Waals surface area contributed by atoms with E-state index in [1.165, 1.54) is 0 Å². The number of hydrogen-bond donors (Lipinski definition) is 0. The highest BCUT2D eigenvalue weighted by atomic mass is 16.5. The van der Waals surface area contributed by atoms with Crippen LogP contribution < -0.4 is 0 Å². The molecule has 0 spiro atoms. The molecule has 0 radical (unpaired) electrons. The first-order chi connectivity index (χ1) is 6.77. The highest BCUT2D eigenvalue weighted by Gasteiger charge is 2.22. The normalized spacial score (nSPS) is 13.4. The smallest absolute Gasteiger partial charge is 0.306 e. The molecule has 0 aliphatic heterocycles. The van der Waals surface area contributed by atoms with E-state index in [0.717, 1.165) is 6.42 Å². The molecule has 0 aliphatic carbocycles. The second kappa shape index (κ2) is 5.89. The van der Waals surface area contributed by atoms with Crippen LogP contribution in [-0.4, -0.2) is 17.9 Å². The van der Waals surface area contributed by atoms with Crippen LogP contribution in [0.2, 0.25) is 0 Å². The van der Waals surface area contributed by atoms with Gasteiger partial charge in [-0.05, 0) is 13.3 Å². The van der Waals surface area contributed by atoms with Crippen molar-refractivity contribution >= 4 is 11.8 Å². The van der Waals surface area contributed by atoms with Crippen molar-refractivity contribution in [3.63, 3.8) is 0 Å². The Kier molecular flexibility index (Phi) is 5.55. The summed E-state index contributed by atoms with van der Waals surface area (Å²) in [6, 6.07) is 0. The van der Waals surface area contributed by atoms with Crippen LogP contribution in [0.25, 0.3) is 0 Å². The maximum Gasteiger partial charge on any atom is 0.306 e. The van der Waals surface area contributed by atoms with E-state index in [4.69, 9.17) is 4.74 Å². The minimum Gasteiger partial charge on any atom is -0.463 e. The van der Waals surface area contributed by atoms with Gasteiger partial charge in [0.25, 0.3) is 0 Å². The molecule has 1 unspecified atom stereocenters. The number of ketones is 1. The topological polar surface area (TPSA) is 43.4 Å². The van der Waals surface area contributed by atoms with Gasteiger partial charge >= 0.3 is 5.97 Å². The summed E-state index contributed by atoms with van der Waals surface area (Å²) in [6.07, 6.45) is 1.22. The van der Waals surface area contributed by atoms with Crippen LogP contribution in [0.3, 0.4) is 0 Å². The Morgan fingerprint density at radius 2 is 1.73 bits per heavy atom. The van der Waals surface area contributed by atoms with Gasteiger partial charge in [-0.25, -0.2) is 0 Å². The summed E-state index contributed by atoms with van der Waals surface area (Å²) in [5.74, 6) is -0.175. The third-order valence-corrected chi connectivity index (χ3v) is 2.30. The average Bonchev–Trinajstić information content (AvgIpc) is 2.12. The summed E-state index contributed by atoms with van der Waals surface area (Å²) in [6.45, 7) is 9.38. The lowest BCUT2D eigenvalue weighted by Gasteiger charge is -2.16. The molecule has 15 heavy (non-hydrogen) atoms. The zero-order chi connectivity index (χ0) is 12.1. The number of carbonyl (C=O) groups excluding carboxylic acids is 2. The molecule has 0 saturated heterocycles. The third kappa shape index (κ3) is 6.26. The largest absolute Gasteiger partial charge is 0.463 e. The monoisotopic (exact) mass is 214 g/mol. The van der Waals surface area contributed by atoms with Crippen LogP contribution >= 0.6 is 0 Å². The predicted molar refractivity (Wildman–Crippen MR) is 59.5 cm³/mol. The quantitative estimate of drug-likeness (QED) is 0.661. The molecule has 0 fully saturated rings. The number of rotatable bonds is 5. The Morgan fingerprint density at radius 3 is 2.13 bits per heavy atom. The van der Waals surface area contributed by atoms with Crippen LogP contribution in [0.15, 0.2) is 0 Å². The summed E-state index contributed by atoms with van der Waals surface area (Å²) in [5.41, 5.74) is -0.364. The van der Waals surface area contributed by atoms with Gasteiger partial charge in [-0.3, -0.25) is 9.59 Å². The van der Waals surface area contributed by atoms with Gasteiger partial charge in [0.2, 0.25) is 0 Å². The fraction of sp³-hybridized carbons (Fsp3) is 0.833. The van der Waals surface area contributed by atoms with Crippen LogP contribution in [0.4, 0.5) is 0 Å². The van der Waals surface area contributed by atoms with E-state index in [0.29, 0.717) is 0 Å². The number of esters is 1. The Bertz CT molecular complexity index is 226. The Labute approximate surface area is 92.2 Å². The van der Waals surface area contributed by atoms with Gasteiger partial charge in [-0.2, -0.15) is 0 Å². The number of hydrogen-bond acceptors (Lipinski definition) is 3. The first-order valence-electron chi connectivity index (χ1n) is 5.50. The highest BCUT2D eigenvalue weighted by molar-refractivity contribution is 5.86. The molecule has 0 bridgehead atoms. The lowest BCUT2D eigenvalue weighted by atomic mass is 9.88. The summed E-state index contributed by atoms with van der Waals surface area (Å²) < 4.78 is 5.07. The first kappa shape index (κ1) is 14.1. The molecule has 0 rings (SSSR count). The molecule has 0 aliphatic rings. The molecule has 0 aromatic heterocycles. The minimum absolute atomic E-state index is 0.0535. The molecular formula is C12H22O3. The van der Waals surface area contributed by atoms with Gasteiger partial charge in [0, 0.05) is 11.8 Å². The molecule has 1 atom stereocenters. The summed E-state index contributed by atoms with van der Waals surface area (Å²) >= 11 is 0. The van der Waals surface area contributed by atoms with Crippen molar-refractivity contribution in [3.8, 4) is 0 Å². The molecule has 3 heteroatoms. The zero-order valence-corrected chi connectivity index (χ0v) is 10.4. The van der Waals surface area contributed by atoms with Crippen molar-refractivity contribution in [2.45, 2.75) is 60.0 Å². The van der Waals surface area contributed by atoms with Crippen molar-refractivity contribution in [3.05, 3.63) is 0 Å². The Balaban J connectivity index is 3.87. The number of carbonyl (C=O) groups is 2. The molecule has 88 valence electrons. The van der Waals surface area contributed by atoms with Gasteiger partial charge in [-0.15, -0.1) is 0 Å². The fourth-order valence-electron chi connectivity index (χ4n) is 0.957. The standard InChI is InChI=1S/C12H22O3/c1-6-9(2)15-11(14)8-7-10(13)12(3,4)5/h9H,6-8H2,1-5H3. The lowest BCUT2D eigenvalue weighted by Crippen LogP contribution is -2.22. The molecule has 0 amide bonds. The minimum atomic E-state index is -0.364. The molecular weight excluding hydrogens is 192 g/mol. The van der Waals surface area contributed by atoms with Crippen LogP contribution in [0.5, 0.6) is 0 Å². The van der Waals surface area contributed by atoms with Crippen LogP contribution in [-0.2, 0) is 14.3 Å². The molecule has 0 heterocycles. The number of ether oxygens (including phenoxy) is 1.